The van der Waals surface area contributed by atoms with E-state index in [0.717, 1.165) is 16.7 Å². The Labute approximate surface area is 127 Å². The smallest absolute Gasteiger partial charge is 0.416 e. The zero-order valence-electron chi connectivity index (χ0n) is 11.9. The van der Waals surface area contributed by atoms with E-state index in [9.17, 15) is 18.0 Å². The molecule has 0 saturated carbocycles. The minimum absolute atomic E-state index is 0.0619. The summed E-state index contributed by atoms with van der Waals surface area (Å²) in [4.78, 5) is 19.7. The summed E-state index contributed by atoms with van der Waals surface area (Å²) in [6.45, 7) is -0.0619. The van der Waals surface area contributed by atoms with E-state index in [1.54, 1.807) is 7.05 Å². The fraction of sp³-hybridized carbons (Fsp3) is 0.214. The summed E-state index contributed by atoms with van der Waals surface area (Å²) in [6, 6.07) is 3.16. The van der Waals surface area contributed by atoms with Crippen LogP contribution in [-0.4, -0.2) is 21.6 Å². The summed E-state index contributed by atoms with van der Waals surface area (Å²) in [7, 11) is 1.54. The molecule has 6 nitrogen and oxygen atoms in total. The van der Waals surface area contributed by atoms with Crippen LogP contribution in [0.4, 0.5) is 19.0 Å². The molecule has 0 bridgehead atoms. The first-order valence-corrected chi connectivity index (χ1v) is 6.57. The number of benzene rings is 1. The van der Waals surface area contributed by atoms with Gasteiger partial charge in [0.25, 0.3) is 0 Å². The molecule has 0 aliphatic heterocycles. The Hall–Kier alpha value is -2.84. The van der Waals surface area contributed by atoms with E-state index in [-0.39, 0.29) is 17.9 Å². The first-order valence-electron chi connectivity index (χ1n) is 6.57. The number of nitrogens with zero attached hydrogens (tertiary/aromatic N) is 3. The van der Waals surface area contributed by atoms with Gasteiger partial charge in [0.05, 0.1) is 23.8 Å². The molecule has 0 fully saturated rings. The van der Waals surface area contributed by atoms with E-state index in [1.165, 1.54) is 18.7 Å². The van der Waals surface area contributed by atoms with Crippen LogP contribution in [0.5, 0.6) is 0 Å². The highest BCUT2D eigenvalue weighted by Gasteiger charge is 2.31. The van der Waals surface area contributed by atoms with E-state index in [2.05, 4.69) is 15.3 Å². The van der Waals surface area contributed by atoms with Gasteiger partial charge < -0.3 is 9.73 Å². The zero-order valence-corrected chi connectivity index (χ0v) is 11.9. The molecule has 1 N–H and O–H groups in total. The van der Waals surface area contributed by atoms with Crippen LogP contribution >= 0.6 is 0 Å². The zero-order chi connectivity index (χ0) is 16.6. The lowest BCUT2D eigenvalue weighted by molar-refractivity contribution is -0.137. The lowest BCUT2D eigenvalue weighted by atomic mass is 10.1. The number of anilines is 1. The van der Waals surface area contributed by atoms with Gasteiger partial charge in [0.2, 0.25) is 0 Å². The summed E-state index contributed by atoms with van der Waals surface area (Å²) >= 11 is 0. The first kappa shape index (κ1) is 15.1. The van der Waals surface area contributed by atoms with Crippen LogP contribution in [0.2, 0.25) is 0 Å². The Morgan fingerprint density at radius 3 is 2.74 bits per heavy atom. The second kappa shape index (κ2) is 5.41. The molecule has 0 aliphatic rings. The van der Waals surface area contributed by atoms with Gasteiger partial charge in [-0.05, 0) is 18.2 Å². The van der Waals surface area contributed by atoms with Gasteiger partial charge >= 0.3 is 11.9 Å². The molecule has 0 spiro atoms. The van der Waals surface area contributed by atoms with Crippen LogP contribution < -0.4 is 11.0 Å². The largest absolute Gasteiger partial charge is 0.447 e. The van der Waals surface area contributed by atoms with Crippen molar-refractivity contribution in [1.29, 1.82) is 0 Å². The topological polar surface area (TPSA) is 73.0 Å². The van der Waals surface area contributed by atoms with Crippen molar-refractivity contribution >= 4 is 16.7 Å². The molecule has 9 heteroatoms. The minimum atomic E-state index is -4.51. The number of alkyl halides is 3. The summed E-state index contributed by atoms with van der Waals surface area (Å²) in [5.41, 5.74) is -1.41. The quantitative estimate of drug-likeness (QED) is 0.801. The average molecular weight is 324 g/mol. The Kier molecular flexibility index (Phi) is 3.55. The molecule has 0 amide bonds. The highest BCUT2D eigenvalue weighted by molar-refractivity contribution is 5.89. The molecule has 3 rings (SSSR count). The van der Waals surface area contributed by atoms with E-state index < -0.39 is 17.4 Å². The summed E-state index contributed by atoms with van der Waals surface area (Å²) in [5.74, 6) is 0.553. The second-order valence-electron chi connectivity index (χ2n) is 4.78. The Balaban J connectivity index is 2.28. The fourth-order valence-electron chi connectivity index (χ4n) is 2.27. The maximum atomic E-state index is 13.0. The standard InChI is InChI=1S/C14H11F3N4O2/c1-18-12-10-3-2-8(14(15,16)17)4-11(10)21(13(22)20-12)6-9-5-19-7-23-9/h2-5,7H,6H2,1H3,(H,18,20,22). The third kappa shape index (κ3) is 2.77. The highest BCUT2D eigenvalue weighted by Crippen LogP contribution is 2.32. The molecule has 3 aromatic rings. The molecule has 2 aromatic heterocycles. The SMILES string of the molecule is CNc1nc(=O)n(Cc2cnco2)c2cc(C(F)(F)F)ccc12. The van der Waals surface area contributed by atoms with Crippen molar-refractivity contribution in [3.8, 4) is 0 Å². The fourth-order valence-corrected chi connectivity index (χ4v) is 2.27. The van der Waals surface area contributed by atoms with Crippen LogP contribution in [0.1, 0.15) is 11.3 Å². The van der Waals surface area contributed by atoms with Crippen molar-refractivity contribution < 1.29 is 17.6 Å². The molecule has 23 heavy (non-hydrogen) atoms. The number of hydrogen-bond donors (Lipinski definition) is 1. The first-order chi connectivity index (χ1) is 10.9. The van der Waals surface area contributed by atoms with Crippen LogP contribution in [0.25, 0.3) is 10.9 Å². The number of oxazole rings is 1. The lowest BCUT2D eigenvalue weighted by Crippen LogP contribution is -2.25. The second-order valence-corrected chi connectivity index (χ2v) is 4.78. The van der Waals surface area contributed by atoms with Gasteiger partial charge in [0.1, 0.15) is 11.6 Å². The number of hydrogen-bond acceptors (Lipinski definition) is 5. The molecular formula is C14H11F3N4O2. The number of aromatic nitrogens is 3. The molecule has 1 aromatic carbocycles. The number of rotatable bonds is 3. The molecule has 120 valence electrons. The van der Waals surface area contributed by atoms with Crippen LogP contribution in [0.3, 0.4) is 0 Å². The van der Waals surface area contributed by atoms with Crippen LogP contribution in [0, 0.1) is 0 Å². The van der Waals surface area contributed by atoms with Crippen molar-refractivity contribution in [2.75, 3.05) is 12.4 Å². The molecule has 0 aliphatic carbocycles. The lowest BCUT2D eigenvalue weighted by Gasteiger charge is -2.14. The van der Waals surface area contributed by atoms with Crippen molar-refractivity contribution in [3.63, 3.8) is 0 Å². The van der Waals surface area contributed by atoms with Crippen molar-refractivity contribution in [3.05, 3.63) is 52.6 Å². The van der Waals surface area contributed by atoms with E-state index in [4.69, 9.17) is 4.42 Å². The van der Waals surface area contributed by atoms with E-state index in [0.29, 0.717) is 11.1 Å². The van der Waals surface area contributed by atoms with Gasteiger partial charge in [0, 0.05) is 12.4 Å². The molecule has 0 unspecified atom stereocenters. The summed E-state index contributed by atoms with van der Waals surface area (Å²) in [6.07, 6.45) is -1.94. The molecule has 0 atom stereocenters. The van der Waals surface area contributed by atoms with E-state index in [1.807, 2.05) is 0 Å². The number of fused-ring (bicyclic) bond motifs is 1. The predicted molar refractivity (Wildman–Crippen MR) is 76.2 cm³/mol. The molecule has 0 saturated heterocycles. The normalized spacial score (nSPS) is 11.8. The van der Waals surface area contributed by atoms with Crippen molar-refractivity contribution in [2.45, 2.75) is 12.7 Å². The third-order valence-electron chi connectivity index (χ3n) is 3.34. The number of halogens is 3. The summed E-state index contributed by atoms with van der Waals surface area (Å²) < 4.78 is 45.1. The third-order valence-corrected chi connectivity index (χ3v) is 3.34. The van der Waals surface area contributed by atoms with Gasteiger partial charge in [-0.1, -0.05) is 0 Å². The molecule has 2 heterocycles. The highest BCUT2D eigenvalue weighted by atomic mass is 19.4. The Bertz CT molecular complexity index is 901. The monoisotopic (exact) mass is 324 g/mol. The van der Waals surface area contributed by atoms with Gasteiger partial charge in [-0.2, -0.15) is 18.2 Å². The van der Waals surface area contributed by atoms with Gasteiger partial charge in [-0.15, -0.1) is 0 Å². The Morgan fingerprint density at radius 2 is 2.13 bits per heavy atom. The van der Waals surface area contributed by atoms with E-state index >= 15 is 0 Å². The van der Waals surface area contributed by atoms with Gasteiger partial charge in [0.15, 0.2) is 6.39 Å². The van der Waals surface area contributed by atoms with Gasteiger partial charge in [-0.3, -0.25) is 4.57 Å². The molecule has 0 radical (unpaired) electrons. The Morgan fingerprint density at radius 1 is 1.35 bits per heavy atom. The predicted octanol–water partition coefficient (Wildman–Crippen LogP) is 2.49. The van der Waals surface area contributed by atoms with Crippen LogP contribution in [0.15, 0.2) is 40.0 Å². The maximum absolute atomic E-state index is 13.0. The molecular weight excluding hydrogens is 313 g/mol. The van der Waals surface area contributed by atoms with Crippen molar-refractivity contribution in [2.24, 2.45) is 0 Å². The van der Waals surface area contributed by atoms with Crippen molar-refractivity contribution in [1.82, 2.24) is 14.5 Å². The van der Waals surface area contributed by atoms with Gasteiger partial charge in [-0.25, -0.2) is 9.78 Å². The van der Waals surface area contributed by atoms with Crippen LogP contribution in [-0.2, 0) is 12.7 Å². The number of nitrogens with one attached hydrogen (secondary N) is 1. The minimum Gasteiger partial charge on any atom is -0.447 e. The summed E-state index contributed by atoms with van der Waals surface area (Å²) in [5, 5.41) is 3.12. The average Bonchev–Trinajstić information content (AvgIpc) is 3.01. The maximum Gasteiger partial charge on any atom is 0.416 e.